The van der Waals surface area contributed by atoms with Gasteiger partial charge >= 0.3 is 0 Å². The van der Waals surface area contributed by atoms with E-state index in [1.54, 1.807) is 6.92 Å². The molecule has 0 bridgehead atoms. The van der Waals surface area contributed by atoms with Crippen LogP contribution in [0.25, 0.3) is 11.0 Å². The van der Waals surface area contributed by atoms with E-state index in [2.05, 4.69) is 5.32 Å². The molecule has 2 atom stereocenters. The van der Waals surface area contributed by atoms with Crippen molar-refractivity contribution in [2.24, 2.45) is 0 Å². The molecule has 1 saturated heterocycles. The summed E-state index contributed by atoms with van der Waals surface area (Å²) in [6.45, 7) is 5.94. The molecule has 0 unspecified atom stereocenters. The monoisotopic (exact) mass is 446 g/mol. The van der Waals surface area contributed by atoms with Gasteiger partial charge in [0.2, 0.25) is 10.0 Å². The summed E-state index contributed by atoms with van der Waals surface area (Å²) in [4.78, 5) is 12.8. The van der Waals surface area contributed by atoms with Gasteiger partial charge in [0.15, 0.2) is 5.76 Å². The van der Waals surface area contributed by atoms with Crippen LogP contribution in [0, 0.1) is 12.7 Å². The number of rotatable bonds is 4. The number of anilines is 1. The second-order valence-corrected chi connectivity index (χ2v) is 9.69. The van der Waals surface area contributed by atoms with Crippen LogP contribution < -0.4 is 5.32 Å². The molecule has 3 aromatic rings. The summed E-state index contributed by atoms with van der Waals surface area (Å²) in [5.41, 5.74) is 1.36. The van der Waals surface area contributed by atoms with Gasteiger partial charge in [-0.05, 0) is 63.2 Å². The number of fused-ring (bicyclic) bond motifs is 1. The number of carbonyl (C=O) groups excluding carboxylic acids is 1. The van der Waals surface area contributed by atoms with E-state index in [4.69, 9.17) is 9.15 Å². The predicted molar refractivity (Wildman–Crippen MR) is 114 cm³/mol. The SMILES string of the molecule is Cc1c(C(=O)Nc2ccc(S(=O)(=O)N3C[C@@H](C)O[C@H](C)C3)cc2)oc2ccc(F)cc12. The molecule has 4 rings (SSSR count). The maximum Gasteiger partial charge on any atom is 0.291 e. The molecule has 2 heterocycles. The molecule has 0 saturated carbocycles. The van der Waals surface area contributed by atoms with Gasteiger partial charge in [-0.15, -0.1) is 0 Å². The van der Waals surface area contributed by atoms with E-state index in [0.717, 1.165) is 0 Å². The van der Waals surface area contributed by atoms with Gasteiger partial charge in [-0.2, -0.15) is 4.31 Å². The highest BCUT2D eigenvalue weighted by Crippen LogP contribution is 2.27. The van der Waals surface area contributed by atoms with Crippen LogP contribution >= 0.6 is 0 Å². The van der Waals surface area contributed by atoms with Crippen molar-refractivity contribution >= 4 is 32.6 Å². The Bertz CT molecular complexity index is 1230. The summed E-state index contributed by atoms with van der Waals surface area (Å²) in [5.74, 6) is -0.835. The van der Waals surface area contributed by atoms with Gasteiger partial charge in [-0.25, -0.2) is 12.8 Å². The van der Waals surface area contributed by atoms with Crippen molar-refractivity contribution in [3.63, 3.8) is 0 Å². The minimum absolute atomic E-state index is 0.0774. The molecule has 1 aliphatic heterocycles. The molecule has 1 aromatic heterocycles. The van der Waals surface area contributed by atoms with Crippen LogP contribution in [0.2, 0.25) is 0 Å². The second kappa shape index (κ2) is 8.07. The number of benzene rings is 2. The number of nitrogens with one attached hydrogen (secondary N) is 1. The Balaban J connectivity index is 1.52. The van der Waals surface area contributed by atoms with Crippen molar-refractivity contribution < 1.29 is 26.8 Å². The molecule has 0 aliphatic carbocycles. The average molecular weight is 447 g/mol. The second-order valence-electron chi connectivity index (χ2n) is 7.75. The standard InChI is InChI=1S/C22H23FN2O5S/c1-13-11-25(12-14(2)29-13)31(27,28)18-7-5-17(6-8-18)24-22(26)21-15(3)19-10-16(23)4-9-20(19)30-21/h4-10,13-14H,11-12H2,1-3H3,(H,24,26)/t13-,14-/m1/s1. The third-order valence-electron chi connectivity index (χ3n) is 5.24. The van der Waals surface area contributed by atoms with Crippen molar-refractivity contribution in [3.8, 4) is 0 Å². The van der Waals surface area contributed by atoms with Gasteiger partial charge in [-0.1, -0.05) is 0 Å². The van der Waals surface area contributed by atoms with E-state index in [-0.39, 0.29) is 36.0 Å². The Morgan fingerprint density at radius 3 is 2.39 bits per heavy atom. The fraction of sp³-hybridized carbons (Fsp3) is 0.318. The zero-order valence-electron chi connectivity index (χ0n) is 17.4. The number of carbonyl (C=O) groups is 1. The van der Waals surface area contributed by atoms with Gasteiger partial charge < -0.3 is 14.5 Å². The summed E-state index contributed by atoms with van der Waals surface area (Å²) in [7, 11) is -3.67. The lowest BCUT2D eigenvalue weighted by molar-refractivity contribution is -0.0440. The Kier molecular flexibility index (Phi) is 5.59. The lowest BCUT2D eigenvalue weighted by Gasteiger charge is -2.34. The van der Waals surface area contributed by atoms with Gasteiger partial charge in [0, 0.05) is 29.7 Å². The largest absolute Gasteiger partial charge is 0.451 e. The van der Waals surface area contributed by atoms with Crippen molar-refractivity contribution in [3.05, 3.63) is 59.6 Å². The normalized spacial score (nSPS) is 20.1. The van der Waals surface area contributed by atoms with E-state index in [0.29, 0.717) is 22.2 Å². The molecular weight excluding hydrogens is 423 g/mol. The first-order valence-electron chi connectivity index (χ1n) is 9.91. The Morgan fingerprint density at radius 1 is 1.10 bits per heavy atom. The number of hydrogen-bond donors (Lipinski definition) is 1. The molecule has 2 aromatic carbocycles. The third-order valence-corrected chi connectivity index (χ3v) is 7.09. The molecule has 0 spiro atoms. The van der Waals surface area contributed by atoms with Gasteiger partial charge in [0.25, 0.3) is 5.91 Å². The van der Waals surface area contributed by atoms with Gasteiger partial charge in [0.05, 0.1) is 17.1 Å². The molecule has 7 nitrogen and oxygen atoms in total. The number of nitrogens with zero attached hydrogens (tertiary/aromatic N) is 1. The topological polar surface area (TPSA) is 88.9 Å². The molecule has 1 fully saturated rings. The number of hydrogen-bond acceptors (Lipinski definition) is 5. The molecule has 9 heteroatoms. The van der Waals surface area contributed by atoms with Gasteiger partial charge in [0.1, 0.15) is 11.4 Å². The summed E-state index contributed by atoms with van der Waals surface area (Å²) in [6.07, 6.45) is -0.366. The van der Waals surface area contributed by atoms with Crippen molar-refractivity contribution in [1.29, 1.82) is 0 Å². The molecule has 164 valence electrons. The number of halogens is 1. The lowest BCUT2D eigenvalue weighted by atomic mass is 10.1. The van der Waals surface area contributed by atoms with Crippen molar-refractivity contribution in [2.75, 3.05) is 18.4 Å². The number of furan rings is 1. The minimum atomic E-state index is -3.67. The molecule has 1 aliphatic rings. The maximum absolute atomic E-state index is 13.5. The highest BCUT2D eigenvalue weighted by molar-refractivity contribution is 7.89. The highest BCUT2D eigenvalue weighted by atomic mass is 32.2. The molecular formula is C22H23FN2O5S. The van der Waals surface area contributed by atoms with Crippen LogP contribution in [0.3, 0.4) is 0 Å². The van der Waals surface area contributed by atoms with E-state index >= 15 is 0 Å². The van der Waals surface area contributed by atoms with Crippen LogP contribution in [0.4, 0.5) is 10.1 Å². The fourth-order valence-electron chi connectivity index (χ4n) is 3.78. The van der Waals surface area contributed by atoms with Crippen molar-refractivity contribution in [1.82, 2.24) is 4.31 Å². The zero-order valence-corrected chi connectivity index (χ0v) is 18.2. The van der Waals surface area contributed by atoms with Gasteiger partial charge in [-0.3, -0.25) is 4.79 Å². The molecule has 0 radical (unpaired) electrons. The van der Waals surface area contributed by atoms with E-state index in [9.17, 15) is 17.6 Å². The smallest absolute Gasteiger partial charge is 0.291 e. The Hall–Kier alpha value is -2.75. The first kappa shape index (κ1) is 21.5. The number of sulfonamides is 1. The minimum Gasteiger partial charge on any atom is -0.451 e. The summed E-state index contributed by atoms with van der Waals surface area (Å²) < 4.78 is 52.0. The van der Waals surface area contributed by atoms with Crippen LogP contribution in [-0.2, 0) is 14.8 Å². The average Bonchev–Trinajstić information content (AvgIpc) is 3.04. The van der Waals surface area contributed by atoms with Crippen LogP contribution in [0.5, 0.6) is 0 Å². The van der Waals surface area contributed by atoms with Crippen LogP contribution in [0.1, 0.15) is 30.0 Å². The molecule has 1 N–H and O–H groups in total. The highest BCUT2D eigenvalue weighted by Gasteiger charge is 2.32. The first-order chi connectivity index (χ1) is 14.6. The quantitative estimate of drug-likeness (QED) is 0.656. The lowest BCUT2D eigenvalue weighted by Crippen LogP contribution is -2.48. The van der Waals surface area contributed by atoms with E-state index in [1.165, 1.54) is 46.8 Å². The fourth-order valence-corrected chi connectivity index (χ4v) is 5.37. The van der Waals surface area contributed by atoms with E-state index < -0.39 is 21.7 Å². The number of aryl methyl sites for hydroxylation is 1. The number of morpholine rings is 1. The Labute approximate surface area is 179 Å². The van der Waals surface area contributed by atoms with Crippen LogP contribution in [-0.4, -0.2) is 43.9 Å². The summed E-state index contributed by atoms with van der Waals surface area (Å²) >= 11 is 0. The third kappa shape index (κ3) is 4.21. The number of amides is 1. The van der Waals surface area contributed by atoms with Crippen molar-refractivity contribution in [2.45, 2.75) is 37.9 Å². The van der Waals surface area contributed by atoms with E-state index in [1.807, 2.05) is 13.8 Å². The first-order valence-corrected chi connectivity index (χ1v) is 11.3. The zero-order chi connectivity index (χ0) is 22.3. The maximum atomic E-state index is 13.5. The molecule has 31 heavy (non-hydrogen) atoms. The number of ether oxygens (including phenoxy) is 1. The van der Waals surface area contributed by atoms with Crippen LogP contribution in [0.15, 0.2) is 51.8 Å². The predicted octanol–water partition coefficient (Wildman–Crippen LogP) is 3.93. The summed E-state index contributed by atoms with van der Waals surface area (Å²) in [5, 5.41) is 3.22. The molecule has 1 amide bonds. The summed E-state index contributed by atoms with van der Waals surface area (Å²) in [6, 6.07) is 10.0. The Morgan fingerprint density at radius 2 is 1.74 bits per heavy atom.